The molecule has 0 N–H and O–H groups in total. The predicted molar refractivity (Wildman–Crippen MR) is 239 cm³/mol. The van der Waals surface area contributed by atoms with Gasteiger partial charge in [-0.3, -0.25) is 0 Å². The monoisotopic (exact) mass is 725 g/mol. The van der Waals surface area contributed by atoms with Gasteiger partial charge in [0, 0.05) is 33.2 Å². The summed E-state index contributed by atoms with van der Waals surface area (Å²) in [5.74, 6) is 0.711. The van der Waals surface area contributed by atoms with Crippen LogP contribution >= 0.6 is 0 Å². The van der Waals surface area contributed by atoms with Gasteiger partial charge >= 0.3 is 0 Å². The minimum Gasteiger partial charge on any atom is -0.309 e. The molecular weight excluding hydrogens is 691 g/mol. The van der Waals surface area contributed by atoms with Crippen LogP contribution in [0.4, 0.5) is 0 Å². The number of benzene rings is 9. The van der Waals surface area contributed by atoms with Crippen molar-refractivity contribution in [3.05, 3.63) is 212 Å². The van der Waals surface area contributed by atoms with Crippen molar-refractivity contribution in [3.8, 4) is 61.8 Å². The number of hydrogen-bond donors (Lipinski definition) is 0. The third-order valence-corrected chi connectivity index (χ3v) is 11.2. The first-order valence-corrected chi connectivity index (χ1v) is 19.4. The smallest absolute Gasteiger partial charge is 0.160 e. The maximum absolute atomic E-state index is 5.21. The summed E-state index contributed by atoms with van der Waals surface area (Å²) in [6.45, 7) is 0. The molecule has 0 aliphatic heterocycles. The molecule has 0 saturated carbocycles. The highest BCUT2D eigenvalue weighted by Gasteiger charge is 2.16. The van der Waals surface area contributed by atoms with Gasteiger partial charge in [-0.05, 0) is 86.3 Å². The quantitative estimate of drug-likeness (QED) is 0.171. The number of rotatable bonds is 6. The van der Waals surface area contributed by atoms with Crippen molar-refractivity contribution < 1.29 is 0 Å². The van der Waals surface area contributed by atoms with Crippen molar-refractivity contribution in [3.63, 3.8) is 0 Å². The van der Waals surface area contributed by atoms with E-state index < -0.39 is 0 Å². The molecule has 0 amide bonds. The lowest BCUT2D eigenvalue weighted by Crippen LogP contribution is -1.97. The number of fused-ring (bicyclic) bond motifs is 5. The van der Waals surface area contributed by atoms with Crippen LogP contribution in [0.15, 0.2) is 212 Å². The van der Waals surface area contributed by atoms with E-state index in [1.165, 1.54) is 65.9 Å². The number of hydrogen-bond acceptors (Lipinski definition) is 2. The number of nitrogens with zero attached hydrogens (tertiary/aromatic N) is 3. The minimum atomic E-state index is 0.711. The average molecular weight is 726 g/mol. The highest BCUT2D eigenvalue weighted by Crippen LogP contribution is 2.39. The molecule has 266 valence electrons. The summed E-state index contributed by atoms with van der Waals surface area (Å²) in [5, 5.41) is 7.24. The Morgan fingerprint density at radius 2 is 0.877 bits per heavy atom. The summed E-state index contributed by atoms with van der Waals surface area (Å²) in [4.78, 5) is 10.3. The van der Waals surface area contributed by atoms with E-state index in [4.69, 9.17) is 9.97 Å². The Hall–Kier alpha value is -7.62. The summed E-state index contributed by atoms with van der Waals surface area (Å²) in [6.07, 6.45) is 0. The van der Waals surface area contributed by atoms with E-state index in [1.807, 2.05) is 18.2 Å². The van der Waals surface area contributed by atoms with Crippen LogP contribution in [0.1, 0.15) is 0 Å². The van der Waals surface area contributed by atoms with Crippen molar-refractivity contribution in [1.82, 2.24) is 14.5 Å². The zero-order valence-corrected chi connectivity index (χ0v) is 31.0. The Labute approximate surface area is 330 Å². The Balaban J connectivity index is 0.992. The molecule has 2 aromatic heterocycles. The van der Waals surface area contributed by atoms with Gasteiger partial charge in [0.25, 0.3) is 0 Å². The van der Waals surface area contributed by atoms with E-state index in [9.17, 15) is 0 Å². The number of aromatic nitrogens is 3. The molecule has 3 nitrogen and oxygen atoms in total. The third-order valence-electron chi connectivity index (χ3n) is 11.2. The van der Waals surface area contributed by atoms with Gasteiger partial charge in [0.15, 0.2) is 5.82 Å². The standard InChI is InChI=1S/C54H35N3/c1-3-14-39(15-4-1)54-55-50(42-28-25-36-13-7-8-16-40(36)33-42)35-51(56-54)47-31-30-44(45-19-9-10-20-46(45)47)38-26-23-37(24-27-38)41-29-32-53-49(34-41)48-21-11-12-22-52(48)57(53)43-17-5-2-6-18-43/h1-35H. The maximum Gasteiger partial charge on any atom is 0.160 e. The molecule has 0 atom stereocenters. The molecule has 0 fully saturated rings. The van der Waals surface area contributed by atoms with E-state index in [-0.39, 0.29) is 0 Å². The van der Waals surface area contributed by atoms with Gasteiger partial charge in [0.2, 0.25) is 0 Å². The van der Waals surface area contributed by atoms with Crippen molar-refractivity contribution in [2.45, 2.75) is 0 Å². The first-order chi connectivity index (χ1) is 28.2. The molecule has 57 heavy (non-hydrogen) atoms. The van der Waals surface area contributed by atoms with Gasteiger partial charge in [-0.2, -0.15) is 0 Å². The first kappa shape index (κ1) is 32.8. The summed E-state index contributed by atoms with van der Waals surface area (Å²) in [6, 6.07) is 75.8. The minimum absolute atomic E-state index is 0.711. The first-order valence-electron chi connectivity index (χ1n) is 19.4. The Morgan fingerprint density at radius 3 is 1.68 bits per heavy atom. The molecule has 0 aliphatic rings. The lowest BCUT2D eigenvalue weighted by atomic mass is 9.92. The van der Waals surface area contributed by atoms with E-state index in [1.54, 1.807) is 0 Å². The topological polar surface area (TPSA) is 30.7 Å². The molecule has 0 bridgehead atoms. The van der Waals surface area contributed by atoms with Crippen LogP contribution in [0.5, 0.6) is 0 Å². The highest BCUT2D eigenvalue weighted by atomic mass is 15.0. The lowest BCUT2D eigenvalue weighted by Gasteiger charge is -2.14. The van der Waals surface area contributed by atoms with Crippen LogP contribution in [0, 0.1) is 0 Å². The van der Waals surface area contributed by atoms with E-state index >= 15 is 0 Å². The fourth-order valence-electron chi connectivity index (χ4n) is 8.42. The Kier molecular flexibility index (Phi) is 7.82. The maximum atomic E-state index is 5.21. The molecular formula is C54H35N3. The normalized spacial score (nSPS) is 11.5. The van der Waals surface area contributed by atoms with E-state index in [0.29, 0.717) is 5.82 Å². The van der Waals surface area contributed by atoms with Crippen LogP contribution < -0.4 is 0 Å². The second-order valence-corrected chi connectivity index (χ2v) is 14.6. The third kappa shape index (κ3) is 5.76. The molecule has 11 rings (SSSR count). The average Bonchev–Trinajstić information content (AvgIpc) is 3.62. The van der Waals surface area contributed by atoms with E-state index in [2.05, 4.69) is 199 Å². The van der Waals surface area contributed by atoms with Gasteiger partial charge in [-0.15, -0.1) is 0 Å². The van der Waals surface area contributed by atoms with Crippen molar-refractivity contribution >= 4 is 43.4 Å². The molecule has 0 aliphatic carbocycles. The van der Waals surface area contributed by atoms with Crippen molar-refractivity contribution in [1.29, 1.82) is 0 Å². The second-order valence-electron chi connectivity index (χ2n) is 14.6. The van der Waals surface area contributed by atoms with Gasteiger partial charge in [0.05, 0.1) is 22.4 Å². The molecule has 2 heterocycles. The van der Waals surface area contributed by atoms with Crippen LogP contribution in [-0.2, 0) is 0 Å². The zero-order valence-electron chi connectivity index (χ0n) is 31.0. The van der Waals surface area contributed by atoms with E-state index in [0.717, 1.165) is 33.5 Å². The molecule has 11 aromatic rings. The SMILES string of the molecule is c1ccc(-c2nc(-c3ccc4ccccc4c3)cc(-c3ccc(-c4ccc(-c5ccc6c(c5)c5ccccc5n6-c5ccccc5)cc4)c4ccccc34)n2)cc1. The van der Waals surface area contributed by atoms with Crippen LogP contribution in [0.25, 0.3) is 105 Å². The zero-order chi connectivity index (χ0) is 37.7. The van der Waals surface area contributed by atoms with Crippen molar-refractivity contribution in [2.75, 3.05) is 0 Å². The van der Waals surface area contributed by atoms with Crippen molar-refractivity contribution in [2.24, 2.45) is 0 Å². The Bertz CT molecular complexity index is 3270. The molecule has 9 aromatic carbocycles. The fraction of sp³-hybridized carbons (Fsp3) is 0. The van der Waals surface area contributed by atoms with Gasteiger partial charge in [-0.1, -0.05) is 170 Å². The number of para-hydroxylation sites is 2. The Morgan fingerprint density at radius 1 is 0.298 bits per heavy atom. The second kappa shape index (κ2) is 13.6. The predicted octanol–water partition coefficient (Wildman–Crippen LogP) is 14.2. The molecule has 3 heteroatoms. The molecule has 0 radical (unpaired) electrons. The summed E-state index contributed by atoms with van der Waals surface area (Å²) in [5.41, 5.74) is 13.3. The van der Waals surface area contributed by atoms with Crippen LogP contribution in [0.3, 0.4) is 0 Å². The highest BCUT2D eigenvalue weighted by molar-refractivity contribution is 6.10. The fourth-order valence-corrected chi connectivity index (χ4v) is 8.42. The van der Waals surface area contributed by atoms with Gasteiger partial charge < -0.3 is 4.57 Å². The van der Waals surface area contributed by atoms with Crippen LogP contribution in [-0.4, -0.2) is 14.5 Å². The van der Waals surface area contributed by atoms with Crippen LogP contribution in [0.2, 0.25) is 0 Å². The van der Waals surface area contributed by atoms with Gasteiger partial charge in [0.1, 0.15) is 0 Å². The molecule has 0 spiro atoms. The lowest BCUT2D eigenvalue weighted by molar-refractivity contribution is 1.18. The summed E-state index contributed by atoms with van der Waals surface area (Å²) < 4.78 is 2.36. The van der Waals surface area contributed by atoms with Gasteiger partial charge in [-0.25, -0.2) is 9.97 Å². The molecule has 0 saturated heterocycles. The molecule has 0 unspecified atom stereocenters. The summed E-state index contributed by atoms with van der Waals surface area (Å²) in [7, 11) is 0. The largest absolute Gasteiger partial charge is 0.309 e. The summed E-state index contributed by atoms with van der Waals surface area (Å²) >= 11 is 0.